The number of carboxylic acid groups (broad SMARTS) is 1. The Morgan fingerprint density at radius 3 is 2.76 bits per heavy atom. The Morgan fingerprint density at radius 2 is 2.19 bits per heavy atom. The number of nitrogens with two attached hydrogens (primary N) is 1. The van der Waals surface area contributed by atoms with E-state index in [0.717, 1.165) is 4.47 Å². The average molecular weight is 355 g/mol. The van der Waals surface area contributed by atoms with Gasteiger partial charge in [0.05, 0.1) is 11.0 Å². The Bertz CT molecular complexity index is 576. The van der Waals surface area contributed by atoms with Crippen LogP contribution in [-0.4, -0.2) is 35.0 Å². The molecular weight excluding hydrogens is 336 g/mol. The molecule has 114 valence electrons. The van der Waals surface area contributed by atoms with Crippen molar-refractivity contribution in [3.05, 3.63) is 28.2 Å². The van der Waals surface area contributed by atoms with Gasteiger partial charge >= 0.3 is 5.97 Å². The summed E-state index contributed by atoms with van der Waals surface area (Å²) >= 11 is 3.31. The van der Waals surface area contributed by atoms with Crippen molar-refractivity contribution >= 4 is 33.5 Å². The van der Waals surface area contributed by atoms with E-state index < -0.39 is 11.4 Å². The normalized spacial score (nSPS) is 22.1. The third-order valence-electron chi connectivity index (χ3n) is 4.24. The highest BCUT2D eigenvalue weighted by molar-refractivity contribution is 9.10. The summed E-state index contributed by atoms with van der Waals surface area (Å²) in [4.78, 5) is 25.8. The van der Waals surface area contributed by atoms with Gasteiger partial charge < -0.3 is 15.7 Å². The number of benzene rings is 1. The zero-order chi connectivity index (χ0) is 15.6. The van der Waals surface area contributed by atoms with Gasteiger partial charge in [0.2, 0.25) is 0 Å². The monoisotopic (exact) mass is 354 g/mol. The molecule has 1 unspecified atom stereocenters. The molecule has 0 aliphatic carbocycles. The first kappa shape index (κ1) is 15.8. The zero-order valence-corrected chi connectivity index (χ0v) is 13.5. The van der Waals surface area contributed by atoms with Crippen LogP contribution in [0.4, 0.5) is 5.69 Å². The van der Waals surface area contributed by atoms with E-state index in [1.54, 1.807) is 23.1 Å². The van der Waals surface area contributed by atoms with Crippen molar-refractivity contribution in [2.75, 3.05) is 18.8 Å². The fourth-order valence-corrected chi connectivity index (χ4v) is 3.20. The van der Waals surface area contributed by atoms with Crippen molar-refractivity contribution in [2.24, 2.45) is 5.41 Å². The number of rotatable bonds is 3. The fourth-order valence-electron chi connectivity index (χ4n) is 2.82. The average Bonchev–Trinajstić information content (AvgIpc) is 2.46. The molecule has 6 heteroatoms. The van der Waals surface area contributed by atoms with Crippen LogP contribution in [-0.2, 0) is 4.79 Å². The van der Waals surface area contributed by atoms with Crippen LogP contribution in [0.25, 0.3) is 0 Å². The zero-order valence-electron chi connectivity index (χ0n) is 11.9. The van der Waals surface area contributed by atoms with E-state index in [4.69, 9.17) is 5.73 Å². The van der Waals surface area contributed by atoms with Gasteiger partial charge in [-0.05, 0) is 37.5 Å². The van der Waals surface area contributed by atoms with Crippen LogP contribution in [0.5, 0.6) is 0 Å². The third kappa shape index (κ3) is 3.05. The second kappa shape index (κ2) is 6.05. The SMILES string of the molecule is CCC1(C(=O)O)CCCN(C(=O)c2ccc(Br)cc2N)C1. The maximum atomic E-state index is 12.6. The van der Waals surface area contributed by atoms with Crippen molar-refractivity contribution in [3.63, 3.8) is 0 Å². The number of likely N-dealkylation sites (tertiary alicyclic amines) is 1. The smallest absolute Gasteiger partial charge is 0.311 e. The van der Waals surface area contributed by atoms with Crippen molar-refractivity contribution in [1.82, 2.24) is 4.90 Å². The lowest BCUT2D eigenvalue weighted by Crippen LogP contribution is -2.49. The number of nitrogens with zero attached hydrogens (tertiary/aromatic N) is 1. The Hall–Kier alpha value is -1.56. The lowest BCUT2D eigenvalue weighted by Gasteiger charge is -2.39. The summed E-state index contributed by atoms with van der Waals surface area (Å²) in [7, 11) is 0. The molecule has 5 nitrogen and oxygen atoms in total. The highest BCUT2D eigenvalue weighted by Gasteiger charge is 2.42. The summed E-state index contributed by atoms with van der Waals surface area (Å²) in [5, 5.41) is 9.48. The molecule has 1 aliphatic heterocycles. The van der Waals surface area contributed by atoms with Gasteiger partial charge in [-0.3, -0.25) is 9.59 Å². The number of anilines is 1. The minimum atomic E-state index is -0.835. The quantitative estimate of drug-likeness (QED) is 0.817. The number of halogens is 1. The minimum Gasteiger partial charge on any atom is -0.481 e. The molecule has 1 aromatic carbocycles. The Morgan fingerprint density at radius 1 is 1.48 bits per heavy atom. The summed E-state index contributed by atoms with van der Waals surface area (Å²) < 4.78 is 0.809. The molecule has 0 radical (unpaired) electrons. The van der Waals surface area contributed by atoms with Crippen LogP contribution >= 0.6 is 15.9 Å². The largest absolute Gasteiger partial charge is 0.481 e. The number of hydrogen-bond donors (Lipinski definition) is 2. The second-order valence-electron chi connectivity index (χ2n) is 5.50. The van der Waals surface area contributed by atoms with Crippen LogP contribution < -0.4 is 5.73 Å². The minimum absolute atomic E-state index is 0.196. The van der Waals surface area contributed by atoms with Gasteiger partial charge in [0.15, 0.2) is 0 Å². The molecule has 1 atom stereocenters. The maximum absolute atomic E-state index is 12.6. The van der Waals surface area contributed by atoms with Crippen LogP contribution in [0.15, 0.2) is 22.7 Å². The molecule has 1 amide bonds. The molecule has 1 aliphatic rings. The summed E-state index contributed by atoms with van der Waals surface area (Å²) in [6.07, 6.45) is 1.82. The maximum Gasteiger partial charge on any atom is 0.311 e. The van der Waals surface area contributed by atoms with E-state index in [-0.39, 0.29) is 12.5 Å². The van der Waals surface area contributed by atoms with E-state index >= 15 is 0 Å². The Balaban J connectivity index is 2.25. The third-order valence-corrected chi connectivity index (χ3v) is 4.73. The second-order valence-corrected chi connectivity index (χ2v) is 6.42. The molecule has 1 saturated heterocycles. The summed E-state index contributed by atoms with van der Waals surface area (Å²) in [6, 6.07) is 5.12. The topological polar surface area (TPSA) is 83.6 Å². The van der Waals surface area contributed by atoms with Gasteiger partial charge in [0.1, 0.15) is 0 Å². The molecule has 0 aromatic heterocycles. The number of carboxylic acids is 1. The summed E-state index contributed by atoms with van der Waals surface area (Å²) in [6.45, 7) is 2.67. The highest BCUT2D eigenvalue weighted by Crippen LogP contribution is 2.34. The molecule has 1 heterocycles. The standard InChI is InChI=1S/C15H19BrN2O3/c1-2-15(14(20)21)6-3-7-18(9-15)13(19)11-5-4-10(16)8-12(11)17/h4-5,8H,2-3,6-7,9,17H2,1H3,(H,20,21). The van der Waals surface area contributed by atoms with E-state index in [9.17, 15) is 14.7 Å². The number of amides is 1. The van der Waals surface area contributed by atoms with Crippen LogP contribution in [0, 0.1) is 5.41 Å². The van der Waals surface area contributed by atoms with Crippen molar-refractivity contribution in [1.29, 1.82) is 0 Å². The lowest BCUT2D eigenvalue weighted by atomic mass is 9.77. The van der Waals surface area contributed by atoms with Crippen LogP contribution in [0.1, 0.15) is 36.5 Å². The predicted octanol–water partition coefficient (Wildman–Crippen LogP) is 2.75. The molecule has 3 N–H and O–H groups in total. The number of carbonyl (C=O) groups excluding carboxylic acids is 1. The first-order chi connectivity index (χ1) is 9.89. The van der Waals surface area contributed by atoms with Gasteiger partial charge in [-0.2, -0.15) is 0 Å². The number of piperidine rings is 1. The Labute approximate surface area is 132 Å². The van der Waals surface area contributed by atoms with Gasteiger partial charge in [0.25, 0.3) is 5.91 Å². The number of nitrogen functional groups attached to an aromatic ring is 1. The first-order valence-corrected chi connectivity index (χ1v) is 7.76. The van der Waals surface area contributed by atoms with Gasteiger partial charge in [0, 0.05) is 23.2 Å². The molecule has 0 bridgehead atoms. The number of hydrogen-bond acceptors (Lipinski definition) is 3. The Kier molecular flexibility index (Phi) is 4.56. The molecule has 1 fully saturated rings. The van der Waals surface area contributed by atoms with Crippen LogP contribution in [0.2, 0.25) is 0 Å². The number of aliphatic carboxylic acids is 1. The lowest BCUT2D eigenvalue weighted by molar-refractivity contribution is -0.152. The molecular formula is C15H19BrN2O3. The predicted molar refractivity (Wildman–Crippen MR) is 84.1 cm³/mol. The summed E-state index contributed by atoms with van der Waals surface area (Å²) in [5.74, 6) is -1.02. The van der Waals surface area contributed by atoms with E-state index in [2.05, 4.69) is 15.9 Å². The van der Waals surface area contributed by atoms with E-state index in [1.165, 1.54) is 0 Å². The molecule has 1 aromatic rings. The van der Waals surface area contributed by atoms with Gasteiger partial charge in [-0.25, -0.2) is 0 Å². The number of carbonyl (C=O) groups is 2. The first-order valence-electron chi connectivity index (χ1n) is 6.97. The van der Waals surface area contributed by atoms with E-state index in [1.807, 2.05) is 6.92 Å². The van der Waals surface area contributed by atoms with Gasteiger partial charge in [-0.15, -0.1) is 0 Å². The van der Waals surface area contributed by atoms with Crippen LogP contribution in [0.3, 0.4) is 0 Å². The fraction of sp³-hybridized carbons (Fsp3) is 0.467. The van der Waals surface area contributed by atoms with Gasteiger partial charge in [-0.1, -0.05) is 22.9 Å². The molecule has 0 spiro atoms. The molecule has 0 saturated carbocycles. The van der Waals surface area contributed by atoms with E-state index in [0.29, 0.717) is 37.1 Å². The van der Waals surface area contributed by atoms with Crippen molar-refractivity contribution < 1.29 is 14.7 Å². The summed E-state index contributed by atoms with van der Waals surface area (Å²) in [5.41, 5.74) is 5.89. The van der Waals surface area contributed by atoms with Crippen molar-refractivity contribution in [3.8, 4) is 0 Å². The van der Waals surface area contributed by atoms with Crippen molar-refractivity contribution in [2.45, 2.75) is 26.2 Å². The molecule has 2 rings (SSSR count). The molecule has 21 heavy (non-hydrogen) atoms. The highest BCUT2D eigenvalue weighted by atomic mass is 79.9.